The predicted octanol–water partition coefficient (Wildman–Crippen LogP) is 17.4. The van der Waals surface area contributed by atoms with E-state index in [1.807, 2.05) is 0 Å². The van der Waals surface area contributed by atoms with Crippen molar-refractivity contribution in [1.82, 2.24) is 0 Å². The molecule has 63 heavy (non-hydrogen) atoms. The highest BCUT2D eigenvalue weighted by molar-refractivity contribution is 5.71. The van der Waals surface area contributed by atoms with Crippen molar-refractivity contribution in [3.63, 3.8) is 0 Å². The maximum absolute atomic E-state index is 12.8. The molecule has 0 aliphatic rings. The quantitative estimate of drug-likeness (QED) is 0.0199. The van der Waals surface area contributed by atoms with E-state index in [4.69, 9.17) is 14.2 Å². The van der Waals surface area contributed by atoms with Gasteiger partial charge in [0, 0.05) is 19.3 Å². The number of carbonyl (C=O) groups excluding carboxylic acids is 3. The van der Waals surface area contributed by atoms with Crippen LogP contribution in [0.4, 0.5) is 0 Å². The third-order valence-electron chi connectivity index (χ3n) is 11.2. The number of hydrogen-bond donors (Lipinski definition) is 0. The zero-order valence-corrected chi connectivity index (χ0v) is 41.3. The van der Waals surface area contributed by atoms with E-state index >= 15 is 0 Å². The summed E-state index contributed by atoms with van der Waals surface area (Å²) in [4.78, 5) is 38.0. The Bertz CT molecular complexity index is 1190. The maximum atomic E-state index is 12.8. The molecular weight excluding hydrogens is 781 g/mol. The minimum absolute atomic E-state index is 0.0900. The average molecular weight is 879 g/mol. The van der Waals surface area contributed by atoms with Gasteiger partial charge in [0.1, 0.15) is 13.2 Å². The lowest BCUT2D eigenvalue weighted by Crippen LogP contribution is -2.30. The fourth-order valence-electron chi connectivity index (χ4n) is 7.23. The Hall–Kier alpha value is -3.15. The molecule has 1 atom stereocenters. The van der Waals surface area contributed by atoms with Crippen LogP contribution in [0, 0.1) is 0 Å². The number of allylic oxidation sites excluding steroid dienone is 12. The monoisotopic (exact) mass is 879 g/mol. The molecule has 0 saturated heterocycles. The number of ether oxygens (including phenoxy) is 3. The molecule has 0 heterocycles. The van der Waals surface area contributed by atoms with Gasteiger partial charge in [-0.15, -0.1) is 0 Å². The third-order valence-corrected chi connectivity index (χ3v) is 11.2. The van der Waals surface area contributed by atoms with Gasteiger partial charge in [-0.25, -0.2) is 0 Å². The van der Waals surface area contributed by atoms with Gasteiger partial charge in [-0.3, -0.25) is 14.4 Å². The van der Waals surface area contributed by atoms with Crippen molar-refractivity contribution in [3.05, 3.63) is 72.9 Å². The van der Waals surface area contributed by atoms with Crippen LogP contribution in [0.2, 0.25) is 0 Å². The Morgan fingerprint density at radius 3 is 1.13 bits per heavy atom. The summed E-state index contributed by atoms with van der Waals surface area (Å²) in [5.41, 5.74) is 0. The summed E-state index contributed by atoms with van der Waals surface area (Å²) in [6.07, 6.45) is 64.6. The number of hydrogen-bond acceptors (Lipinski definition) is 6. The molecule has 6 heteroatoms. The van der Waals surface area contributed by atoms with Gasteiger partial charge in [0.15, 0.2) is 6.10 Å². The first-order valence-electron chi connectivity index (χ1n) is 26.5. The lowest BCUT2D eigenvalue weighted by molar-refractivity contribution is -0.167. The molecule has 0 aliphatic carbocycles. The molecule has 362 valence electrons. The molecule has 0 aromatic rings. The highest BCUT2D eigenvalue weighted by Gasteiger charge is 2.19. The van der Waals surface area contributed by atoms with Crippen LogP contribution in [0.25, 0.3) is 0 Å². The van der Waals surface area contributed by atoms with Crippen LogP contribution in [-0.4, -0.2) is 37.2 Å². The lowest BCUT2D eigenvalue weighted by atomic mass is 10.0. The summed E-state index contributed by atoms with van der Waals surface area (Å²) in [6.45, 7) is 6.45. The minimum Gasteiger partial charge on any atom is -0.462 e. The standard InChI is InChI=1S/C57H98O6/c1-4-7-10-13-16-19-22-24-26-27-28-29-31-32-35-38-41-44-47-50-56(59)62-53-54(52-61-55(58)49-46-43-40-37-34-21-18-15-12-9-6-3)63-57(60)51-48-45-42-39-36-33-30-25-23-20-17-14-11-8-5-2/h7,10,15-16,18-19,21,24,26,28-29,34,54H,4-6,8-9,11-14,17,20,22-23,25,27,30-33,35-53H2,1-3H3/b10-7-,18-15-,19-16-,26-24-,29-28-,34-21-. The number of unbranched alkanes of at least 4 members (excludes halogenated alkanes) is 25. The first kappa shape index (κ1) is 59.9. The molecule has 0 spiro atoms. The molecule has 0 aliphatic heterocycles. The summed E-state index contributed by atoms with van der Waals surface area (Å²) in [7, 11) is 0. The van der Waals surface area contributed by atoms with E-state index in [9.17, 15) is 14.4 Å². The van der Waals surface area contributed by atoms with E-state index in [2.05, 4.69) is 93.7 Å². The van der Waals surface area contributed by atoms with E-state index < -0.39 is 6.10 Å². The van der Waals surface area contributed by atoms with Gasteiger partial charge in [-0.1, -0.05) is 229 Å². The molecule has 1 unspecified atom stereocenters. The lowest BCUT2D eigenvalue weighted by Gasteiger charge is -2.18. The minimum atomic E-state index is -0.789. The predicted molar refractivity (Wildman–Crippen MR) is 270 cm³/mol. The molecule has 0 saturated carbocycles. The zero-order valence-electron chi connectivity index (χ0n) is 41.3. The Kier molecular flexibility index (Phi) is 48.9. The number of rotatable bonds is 47. The van der Waals surface area contributed by atoms with Crippen LogP contribution in [-0.2, 0) is 28.6 Å². The van der Waals surface area contributed by atoms with Gasteiger partial charge in [0.25, 0.3) is 0 Å². The molecule has 0 rings (SSSR count). The smallest absolute Gasteiger partial charge is 0.306 e. The van der Waals surface area contributed by atoms with Gasteiger partial charge in [-0.2, -0.15) is 0 Å². The second-order valence-corrected chi connectivity index (χ2v) is 17.4. The Labute approximate surface area is 389 Å². The van der Waals surface area contributed by atoms with Gasteiger partial charge in [-0.05, 0) is 77.0 Å². The molecule has 0 N–H and O–H groups in total. The summed E-state index contributed by atoms with van der Waals surface area (Å²) in [5.74, 6) is -0.927. The van der Waals surface area contributed by atoms with Gasteiger partial charge in [0.2, 0.25) is 0 Å². The second-order valence-electron chi connectivity index (χ2n) is 17.4. The first-order valence-corrected chi connectivity index (χ1v) is 26.5. The summed E-state index contributed by atoms with van der Waals surface area (Å²) in [6, 6.07) is 0. The summed E-state index contributed by atoms with van der Waals surface area (Å²) < 4.78 is 16.8. The van der Waals surface area contributed by atoms with E-state index in [0.717, 1.165) is 103 Å². The third kappa shape index (κ3) is 49.7. The molecule has 6 nitrogen and oxygen atoms in total. The van der Waals surface area contributed by atoms with Crippen LogP contribution in [0.1, 0.15) is 252 Å². The van der Waals surface area contributed by atoms with Crippen molar-refractivity contribution >= 4 is 17.9 Å². The highest BCUT2D eigenvalue weighted by Crippen LogP contribution is 2.15. The van der Waals surface area contributed by atoms with Crippen molar-refractivity contribution in [1.29, 1.82) is 0 Å². The van der Waals surface area contributed by atoms with E-state index in [1.165, 1.54) is 109 Å². The van der Waals surface area contributed by atoms with E-state index in [-0.39, 0.29) is 31.1 Å². The van der Waals surface area contributed by atoms with Gasteiger partial charge >= 0.3 is 17.9 Å². The molecule has 0 aromatic heterocycles. The number of carbonyl (C=O) groups is 3. The second kappa shape index (κ2) is 51.5. The van der Waals surface area contributed by atoms with Crippen molar-refractivity contribution in [3.8, 4) is 0 Å². The Morgan fingerprint density at radius 2 is 0.683 bits per heavy atom. The normalized spacial score (nSPS) is 12.6. The fourth-order valence-corrected chi connectivity index (χ4v) is 7.23. The highest BCUT2D eigenvalue weighted by atomic mass is 16.6. The molecular formula is C57H98O6. The molecule has 0 aromatic carbocycles. The van der Waals surface area contributed by atoms with Crippen LogP contribution in [0.3, 0.4) is 0 Å². The molecule has 0 radical (unpaired) electrons. The van der Waals surface area contributed by atoms with Crippen molar-refractivity contribution in [2.24, 2.45) is 0 Å². The number of esters is 3. The van der Waals surface area contributed by atoms with Crippen LogP contribution < -0.4 is 0 Å². The average Bonchev–Trinajstić information content (AvgIpc) is 3.28. The summed E-state index contributed by atoms with van der Waals surface area (Å²) >= 11 is 0. The molecule has 0 bridgehead atoms. The van der Waals surface area contributed by atoms with Crippen LogP contribution in [0.15, 0.2) is 72.9 Å². The van der Waals surface area contributed by atoms with E-state index in [1.54, 1.807) is 0 Å². The molecule has 0 amide bonds. The van der Waals surface area contributed by atoms with Gasteiger partial charge < -0.3 is 14.2 Å². The fraction of sp³-hybridized carbons (Fsp3) is 0.737. The molecule has 0 fully saturated rings. The van der Waals surface area contributed by atoms with Crippen LogP contribution in [0.5, 0.6) is 0 Å². The Morgan fingerprint density at radius 1 is 0.349 bits per heavy atom. The van der Waals surface area contributed by atoms with Crippen molar-refractivity contribution in [2.75, 3.05) is 13.2 Å². The van der Waals surface area contributed by atoms with Gasteiger partial charge in [0.05, 0.1) is 0 Å². The van der Waals surface area contributed by atoms with Crippen molar-refractivity contribution < 1.29 is 28.6 Å². The SMILES string of the molecule is CC/C=C\C/C=C\C/C=C\C/C=C\CCCCCCCCC(=O)OCC(COC(=O)CCCCC/C=C\C=C/CCCC)OC(=O)CCCCCCCCCCCCCCCCC. The maximum Gasteiger partial charge on any atom is 0.306 e. The zero-order chi connectivity index (χ0) is 45.8. The Balaban J connectivity index is 4.39. The first-order chi connectivity index (χ1) is 31.0. The summed E-state index contributed by atoms with van der Waals surface area (Å²) in [5, 5.41) is 0. The largest absolute Gasteiger partial charge is 0.462 e. The van der Waals surface area contributed by atoms with E-state index in [0.29, 0.717) is 19.3 Å². The van der Waals surface area contributed by atoms with Crippen molar-refractivity contribution in [2.45, 2.75) is 258 Å². The van der Waals surface area contributed by atoms with Crippen LogP contribution >= 0.6 is 0 Å². The topological polar surface area (TPSA) is 78.9 Å².